The molecule has 4 heteroatoms. The molecule has 0 amide bonds. The van der Waals surface area contributed by atoms with E-state index in [-0.39, 0.29) is 5.75 Å². The molecule has 0 aliphatic rings. The Morgan fingerprint density at radius 1 is 1.09 bits per heavy atom. The minimum Gasteiger partial charge on any atom is -0.872 e. The van der Waals surface area contributed by atoms with Crippen molar-refractivity contribution >= 4 is 12.0 Å². The van der Waals surface area contributed by atoms with E-state index in [1.54, 1.807) is 23.1 Å². The van der Waals surface area contributed by atoms with Crippen LogP contribution in [0.1, 0.15) is 45.6 Å². The molecular formula is C18H29NO3. The quantitative estimate of drug-likeness (QED) is 0.722. The van der Waals surface area contributed by atoms with Gasteiger partial charge >= 0.3 is 5.97 Å². The van der Waals surface area contributed by atoms with Crippen molar-refractivity contribution < 1.29 is 19.9 Å². The first-order chi connectivity index (χ1) is 10.5. The minimum atomic E-state index is -1.06. The number of nitrogens with one attached hydrogen (secondary N) is 1. The molecule has 2 N–H and O–H groups in total. The summed E-state index contributed by atoms with van der Waals surface area (Å²) in [6.45, 7) is 10.9. The van der Waals surface area contributed by atoms with Crippen LogP contribution in [0.4, 0.5) is 0 Å². The molecule has 0 saturated heterocycles. The van der Waals surface area contributed by atoms with Gasteiger partial charge in [-0.15, -0.1) is 5.75 Å². The minimum absolute atomic E-state index is 0.171. The Bertz CT molecular complexity index is 429. The monoisotopic (exact) mass is 307 g/mol. The van der Waals surface area contributed by atoms with E-state index in [0.29, 0.717) is 5.56 Å². The van der Waals surface area contributed by atoms with E-state index in [1.165, 1.54) is 51.0 Å². The van der Waals surface area contributed by atoms with Gasteiger partial charge in [-0.3, -0.25) is 0 Å². The summed E-state index contributed by atoms with van der Waals surface area (Å²) in [6, 6.07) is 6.26. The van der Waals surface area contributed by atoms with Crippen molar-refractivity contribution in [3.05, 3.63) is 35.9 Å². The first-order valence-corrected chi connectivity index (χ1v) is 8.05. The molecule has 0 bridgehead atoms. The van der Waals surface area contributed by atoms with Crippen molar-refractivity contribution in [3.8, 4) is 5.75 Å². The second kappa shape index (κ2) is 12.9. The van der Waals surface area contributed by atoms with Gasteiger partial charge in [-0.2, -0.15) is 0 Å². The van der Waals surface area contributed by atoms with Crippen LogP contribution in [0.3, 0.4) is 0 Å². The number of rotatable bonds is 8. The zero-order chi connectivity index (χ0) is 16.8. The highest BCUT2D eigenvalue weighted by Crippen LogP contribution is 2.13. The van der Waals surface area contributed by atoms with Crippen LogP contribution in [0, 0.1) is 0 Å². The maximum Gasteiger partial charge on any atom is 0.328 e. The number of para-hydroxylation sites is 1. The third-order valence-electron chi connectivity index (χ3n) is 3.14. The third-order valence-corrected chi connectivity index (χ3v) is 3.14. The molecule has 0 radical (unpaired) electrons. The zero-order valence-corrected chi connectivity index (χ0v) is 14.0. The van der Waals surface area contributed by atoms with Crippen molar-refractivity contribution in [2.75, 3.05) is 19.6 Å². The second-order valence-corrected chi connectivity index (χ2v) is 5.21. The van der Waals surface area contributed by atoms with E-state index in [4.69, 9.17) is 5.11 Å². The van der Waals surface area contributed by atoms with E-state index >= 15 is 0 Å². The predicted molar refractivity (Wildman–Crippen MR) is 89.0 cm³/mol. The second-order valence-electron chi connectivity index (χ2n) is 5.21. The zero-order valence-electron chi connectivity index (χ0n) is 14.0. The number of quaternary nitrogens is 1. The molecule has 124 valence electrons. The summed E-state index contributed by atoms with van der Waals surface area (Å²) < 4.78 is 0. The van der Waals surface area contributed by atoms with Crippen LogP contribution in [0.25, 0.3) is 6.08 Å². The Morgan fingerprint density at radius 2 is 1.59 bits per heavy atom. The van der Waals surface area contributed by atoms with Gasteiger partial charge in [0.25, 0.3) is 0 Å². The number of hydrogen-bond acceptors (Lipinski definition) is 2. The molecule has 1 aromatic rings. The van der Waals surface area contributed by atoms with E-state index in [9.17, 15) is 9.90 Å². The summed E-state index contributed by atoms with van der Waals surface area (Å²) in [5.74, 6) is -1.23. The predicted octanol–water partition coefficient (Wildman–Crippen LogP) is 1.96. The maximum absolute atomic E-state index is 11.0. The van der Waals surface area contributed by atoms with Gasteiger partial charge in [-0.25, -0.2) is 4.79 Å². The summed E-state index contributed by atoms with van der Waals surface area (Å²) in [4.78, 5) is 11.9. The van der Waals surface area contributed by atoms with Crippen LogP contribution < -0.4 is 10.0 Å². The lowest BCUT2D eigenvalue weighted by Gasteiger charge is -2.16. The van der Waals surface area contributed by atoms with Crippen LogP contribution in [-0.4, -0.2) is 30.7 Å². The highest BCUT2D eigenvalue weighted by atomic mass is 16.4. The highest BCUT2D eigenvalue weighted by molar-refractivity contribution is 5.85. The molecule has 4 nitrogen and oxygen atoms in total. The van der Waals surface area contributed by atoms with Crippen molar-refractivity contribution in [3.63, 3.8) is 0 Å². The Hall–Kier alpha value is -1.81. The first kappa shape index (κ1) is 20.2. The van der Waals surface area contributed by atoms with Crippen molar-refractivity contribution in [1.29, 1.82) is 0 Å². The summed E-state index contributed by atoms with van der Waals surface area (Å²) in [6.07, 6.45) is 6.21. The van der Waals surface area contributed by atoms with Gasteiger partial charge in [-0.05, 0) is 30.9 Å². The van der Waals surface area contributed by atoms with E-state index in [0.717, 1.165) is 6.08 Å². The smallest absolute Gasteiger partial charge is 0.328 e. The first-order valence-electron chi connectivity index (χ1n) is 8.05. The van der Waals surface area contributed by atoms with Gasteiger partial charge in [-0.1, -0.05) is 45.0 Å². The van der Waals surface area contributed by atoms with Crippen molar-refractivity contribution in [1.82, 2.24) is 0 Å². The molecule has 1 aromatic carbocycles. The van der Waals surface area contributed by atoms with Gasteiger partial charge < -0.3 is 15.1 Å². The van der Waals surface area contributed by atoms with E-state index in [2.05, 4.69) is 20.8 Å². The van der Waals surface area contributed by atoms with Gasteiger partial charge in [0.2, 0.25) is 0 Å². The van der Waals surface area contributed by atoms with Crippen molar-refractivity contribution in [2.45, 2.75) is 40.0 Å². The van der Waals surface area contributed by atoms with E-state index in [1.807, 2.05) is 0 Å². The normalized spacial score (nSPS) is 10.5. The molecule has 22 heavy (non-hydrogen) atoms. The van der Waals surface area contributed by atoms with E-state index < -0.39 is 5.97 Å². The average Bonchev–Trinajstić information content (AvgIpc) is 2.48. The van der Waals surface area contributed by atoms with Crippen LogP contribution >= 0.6 is 0 Å². The number of carboxylic acids is 1. The fraction of sp³-hybridized carbons (Fsp3) is 0.500. The standard InChI is InChI=1S/C9H21N.C9H8O3/c1-4-7-10(8-5-2)9-6-3;10-8-4-2-1-3-7(8)5-6-9(11)12/h4-9H2,1-3H3;1-6,10H,(H,11,12)/b;6-5+. The Balaban J connectivity index is 0.000000409. The van der Waals surface area contributed by atoms with Crippen LogP contribution in [0.5, 0.6) is 5.75 Å². The fourth-order valence-corrected chi connectivity index (χ4v) is 2.21. The molecule has 0 aliphatic carbocycles. The lowest BCUT2D eigenvalue weighted by molar-refractivity contribution is -0.900. The Kier molecular flexibility index (Phi) is 11.8. The van der Waals surface area contributed by atoms with Crippen LogP contribution in [-0.2, 0) is 4.79 Å². The maximum atomic E-state index is 11.0. The molecule has 0 spiro atoms. The average molecular weight is 307 g/mol. The topological polar surface area (TPSA) is 64.8 Å². The fourth-order valence-electron chi connectivity index (χ4n) is 2.21. The van der Waals surface area contributed by atoms with Crippen molar-refractivity contribution in [2.24, 2.45) is 0 Å². The SMILES string of the molecule is CCC[NH+](CCC)CCC.O=C(O)/C=C/c1ccccc1[O-]. The largest absolute Gasteiger partial charge is 0.872 e. The van der Waals surface area contributed by atoms with Gasteiger partial charge in [0.1, 0.15) is 0 Å². The summed E-state index contributed by atoms with van der Waals surface area (Å²) in [5, 5.41) is 19.3. The highest BCUT2D eigenvalue weighted by Gasteiger charge is 2.02. The van der Waals surface area contributed by atoms with Gasteiger partial charge in [0.15, 0.2) is 0 Å². The number of carbonyl (C=O) groups is 1. The summed E-state index contributed by atoms with van der Waals surface area (Å²) >= 11 is 0. The van der Waals surface area contributed by atoms with Crippen LogP contribution in [0.15, 0.2) is 30.3 Å². The lowest BCUT2D eigenvalue weighted by Crippen LogP contribution is -3.11. The third kappa shape index (κ3) is 10.00. The van der Waals surface area contributed by atoms with Gasteiger partial charge in [0.05, 0.1) is 19.6 Å². The number of carboxylic acid groups (broad SMARTS) is 1. The molecular weight excluding hydrogens is 278 g/mol. The molecule has 0 heterocycles. The Labute approximate surface area is 134 Å². The summed E-state index contributed by atoms with van der Waals surface area (Å²) in [7, 11) is 0. The molecule has 0 atom stereocenters. The molecule has 0 saturated carbocycles. The lowest BCUT2D eigenvalue weighted by atomic mass is 10.2. The molecule has 1 rings (SSSR count). The molecule has 0 aromatic heterocycles. The van der Waals surface area contributed by atoms with Gasteiger partial charge in [0, 0.05) is 6.08 Å². The molecule has 0 aliphatic heterocycles. The van der Waals surface area contributed by atoms with Crippen LogP contribution in [0.2, 0.25) is 0 Å². The summed E-state index contributed by atoms with van der Waals surface area (Å²) in [5.41, 5.74) is 0.389. The Morgan fingerprint density at radius 3 is 2.00 bits per heavy atom. The number of benzene rings is 1. The number of aliphatic carboxylic acids is 1. The molecule has 0 unspecified atom stereocenters. The molecule has 0 fully saturated rings. The number of hydrogen-bond donors (Lipinski definition) is 2.